The minimum atomic E-state index is 0.0616. The molecule has 1 fully saturated rings. The molecule has 0 radical (unpaired) electrons. The van der Waals surface area contributed by atoms with Gasteiger partial charge in [-0.15, -0.1) is 0 Å². The molecule has 1 aromatic rings. The van der Waals surface area contributed by atoms with E-state index in [1.54, 1.807) is 16.9 Å². The third-order valence-corrected chi connectivity index (χ3v) is 2.50. The molecule has 0 bridgehead atoms. The number of aromatic nitrogens is 2. The van der Waals surface area contributed by atoms with E-state index >= 15 is 0 Å². The summed E-state index contributed by atoms with van der Waals surface area (Å²) in [7, 11) is 0. The lowest BCUT2D eigenvalue weighted by molar-refractivity contribution is 0.0598. The Kier molecular flexibility index (Phi) is 2.49. The maximum atomic E-state index is 11.2. The molecule has 0 atom stereocenters. The molecule has 72 valence electrons. The average molecular weight is 182 g/mol. The molecule has 0 aliphatic carbocycles. The number of hydrogen-bond donors (Lipinski definition) is 1. The molecule has 1 N–H and O–H groups in total. The van der Waals surface area contributed by atoms with Gasteiger partial charge < -0.3 is 9.84 Å². The van der Waals surface area contributed by atoms with E-state index in [9.17, 15) is 4.79 Å². The van der Waals surface area contributed by atoms with Crippen LogP contribution < -0.4 is 5.56 Å². The molecule has 1 aliphatic heterocycles. The van der Waals surface area contributed by atoms with Crippen molar-refractivity contribution in [2.24, 2.45) is 5.92 Å². The average Bonchev–Trinajstić information content (AvgIpc) is 2.54. The lowest BCUT2D eigenvalue weighted by atomic mass is 10.0. The van der Waals surface area contributed by atoms with E-state index in [0.717, 1.165) is 32.6 Å². The van der Waals surface area contributed by atoms with Crippen molar-refractivity contribution >= 4 is 0 Å². The Morgan fingerprint density at radius 1 is 1.54 bits per heavy atom. The van der Waals surface area contributed by atoms with Crippen LogP contribution in [0.3, 0.4) is 0 Å². The Morgan fingerprint density at radius 3 is 2.92 bits per heavy atom. The molecule has 13 heavy (non-hydrogen) atoms. The summed E-state index contributed by atoms with van der Waals surface area (Å²) in [5.74, 6) is 0.588. The molecule has 2 heterocycles. The van der Waals surface area contributed by atoms with Crippen molar-refractivity contribution in [3.8, 4) is 0 Å². The number of H-pyrrole nitrogens is 1. The third-order valence-electron chi connectivity index (χ3n) is 2.50. The summed E-state index contributed by atoms with van der Waals surface area (Å²) >= 11 is 0. The van der Waals surface area contributed by atoms with Gasteiger partial charge in [0.05, 0.1) is 0 Å². The molecule has 0 saturated carbocycles. The lowest BCUT2D eigenvalue weighted by Gasteiger charge is -2.21. The maximum Gasteiger partial charge on any atom is 0.266 e. The first-order valence-corrected chi connectivity index (χ1v) is 4.68. The second-order valence-corrected chi connectivity index (χ2v) is 3.47. The fourth-order valence-corrected chi connectivity index (χ4v) is 1.68. The van der Waals surface area contributed by atoms with Crippen LogP contribution >= 0.6 is 0 Å². The van der Waals surface area contributed by atoms with Crippen molar-refractivity contribution in [2.45, 2.75) is 19.4 Å². The van der Waals surface area contributed by atoms with Gasteiger partial charge in [0.2, 0.25) is 0 Å². The van der Waals surface area contributed by atoms with Gasteiger partial charge in [0.15, 0.2) is 0 Å². The summed E-state index contributed by atoms with van der Waals surface area (Å²) in [6.45, 7) is 2.47. The Bertz CT molecular complexity index is 309. The highest BCUT2D eigenvalue weighted by Crippen LogP contribution is 2.15. The minimum Gasteiger partial charge on any atom is -0.381 e. The fourth-order valence-electron chi connectivity index (χ4n) is 1.68. The van der Waals surface area contributed by atoms with Gasteiger partial charge in [-0.05, 0) is 18.8 Å². The number of hydrogen-bond acceptors (Lipinski definition) is 2. The molecule has 2 rings (SSSR count). The number of aromatic amines is 1. The van der Waals surface area contributed by atoms with E-state index in [1.165, 1.54) is 0 Å². The Morgan fingerprint density at radius 2 is 2.31 bits per heavy atom. The number of nitrogens with zero attached hydrogens (tertiary/aromatic N) is 1. The summed E-state index contributed by atoms with van der Waals surface area (Å²) in [6, 6.07) is 1.55. The van der Waals surface area contributed by atoms with Gasteiger partial charge in [-0.3, -0.25) is 9.48 Å². The van der Waals surface area contributed by atoms with Crippen molar-refractivity contribution in [3.05, 3.63) is 22.6 Å². The van der Waals surface area contributed by atoms with Gasteiger partial charge in [0, 0.05) is 32.0 Å². The highest BCUT2D eigenvalue weighted by molar-refractivity contribution is 4.81. The van der Waals surface area contributed by atoms with E-state index in [1.807, 2.05) is 0 Å². The summed E-state index contributed by atoms with van der Waals surface area (Å²) in [5, 5.41) is 2.92. The minimum absolute atomic E-state index is 0.0616. The topological polar surface area (TPSA) is 47.0 Å². The van der Waals surface area contributed by atoms with Crippen molar-refractivity contribution < 1.29 is 4.74 Å². The van der Waals surface area contributed by atoms with Gasteiger partial charge >= 0.3 is 0 Å². The lowest BCUT2D eigenvalue weighted by Crippen LogP contribution is -2.25. The molecule has 4 heteroatoms. The predicted octanol–water partition coefficient (Wildman–Crippen LogP) is 0.603. The van der Waals surface area contributed by atoms with E-state index in [4.69, 9.17) is 4.74 Å². The van der Waals surface area contributed by atoms with Crippen LogP contribution in [-0.2, 0) is 11.3 Å². The quantitative estimate of drug-likeness (QED) is 0.728. The molecular weight excluding hydrogens is 168 g/mol. The number of rotatable bonds is 2. The maximum absolute atomic E-state index is 11.2. The van der Waals surface area contributed by atoms with Gasteiger partial charge in [-0.1, -0.05) is 0 Å². The van der Waals surface area contributed by atoms with Gasteiger partial charge in [-0.2, -0.15) is 0 Å². The summed E-state index contributed by atoms with van der Waals surface area (Å²) in [6.07, 6.45) is 3.80. The summed E-state index contributed by atoms with van der Waals surface area (Å²) < 4.78 is 6.91. The highest BCUT2D eigenvalue weighted by Gasteiger charge is 2.14. The van der Waals surface area contributed by atoms with Crippen LogP contribution in [0.15, 0.2) is 17.1 Å². The SMILES string of the molecule is O=c1cc[nH]n1CC1CCOCC1. The Hall–Kier alpha value is -1.03. The van der Waals surface area contributed by atoms with Crippen molar-refractivity contribution in [1.29, 1.82) is 0 Å². The summed E-state index contributed by atoms with van der Waals surface area (Å²) in [4.78, 5) is 11.2. The van der Waals surface area contributed by atoms with Crippen LogP contribution in [0.1, 0.15) is 12.8 Å². The molecule has 1 saturated heterocycles. The molecule has 0 unspecified atom stereocenters. The van der Waals surface area contributed by atoms with Crippen LogP contribution in [0, 0.1) is 5.92 Å². The predicted molar refractivity (Wildman–Crippen MR) is 48.6 cm³/mol. The molecule has 0 aromatic carbocycles. The zero-order valence-corrected chi connectivity index (χ0v) is 7.53. The Labute approximate surface area is 76.5 Å². The molecule has 1 aliphatic rings. The third kappa shape index (κ3) is 2.01. The van der Waals surface area contributed by atoms with E-state index in [2.05, 4.69) is 5.10 Å². The van der Waals surface area contributed by atoms with E-state index in [0.29, 0.717) is 5.92 Å². The Balaban J connectivity index is 1.97. The zero-order valence-electron chi connectivity index (χ0n) is 7.53. The van der Waals surface area contributed by atoms with Crippen molar-refractivity contribution in [1.82, 2.24) is 9.78 Å². The number of ether oxygens (including phenoxy) is 1. The number of nitrogens with one attached hydrogen (secondary N) is 1. The van der Waals surface area contributed by atoms with Crippen LogP contribution in [0.5, 0.6) is 0 Å². The normalized spacial score (nSPS) is 19.1. The van der Waals surface area contributed by atoms with Gasteiger partial charge in [0.1, 0.15) is 0 Å². The first-order chi connectivity index (χ1) is 6.36. The first-order valence-electron chi connectivity index (χ1n) is 4.68. The molecule has 4 nitrogen and oxygen atoms in total. The highest BCUT2D eigenvalue weighted by atomic mass is 16.5. The molecule has 1 aromatic heterocycles. The van der Waals surface area contributed by atoms with Crippen LogP contribution in [0.4, 0.5) is 0 Å². The first kappa shape index (κ1) is 8.56. The van der Waals surface area contributed by atoms with Crippen LogP contribution in [0.2, 0.25) is 0 Å². The summed E-state index contributed by atoms with van der Waals surface area (Å²) in [5.41, 5.74) is 0.0616. The monoisotopic (exact) mass is 182 g/mol. The van der Waals surface area contributed by atoms with Crippen molar-refractivity contribution in [2.75, 3.05) is 13.2 Å². The van der Waals surface area contributed by atoms with Gasteiger partial charge in [-0.25, -0.2) is 0 Å². The molecule has 0 amide bonds. The van der Waals surface area contributed by atoms with Crippen LogP contribution in [-0.4, -0.2) is 23.0 Å². The van der Waals surface area contributed by atoms with Gasteiger partial charge in [0.25, 0.3) is 5.56 Å². The second kappa shape index (κ2) is 3.79. The largest absolute Gasteiger partial charge is 0.381 e. The zero-order chi connectivity index (χ0) is 9.10. The van der Waals surface area contributed by atoms with E-state index in [-0.39, 0.29) is 5.56 Å². The van der Waals surface area contributed by atoms with Crippen LogP contribution in [0.25, 0.3) is 0 Å². The van der Waals surface area contributed by atoms with E-state index < -0.39 is 0 Å². The smallest absolute Gasteiger partial charge is 0.266 e. The van der Waals surface area contributed by atoms with Crippen molar-refractivity contribution in [3.63, 3.8) is 0 Å². The molecule has 0 spiro atoms. The second-order valence-electron chi connectivity index (χ2n) is 3.47. The fraction of sp³-hybridized carbons (Fsp3) is 0.667. The molecular formula is C9H14N2O2. The standard InChI is InChI=1S/C9H14N2O2/c12-9-1-4-10-11(9)7-8-2-5-13-6-3-8/h1,4,8,10H,2-3,5-7H2.